The second-order valence-electron chi connectivity index (χ2n) is 6.91. The molecule has 0 spiro atoms. The fraction of sp³-hybridized carbons (Fsp3) is 0.240. The van der Waals surface area contributed by atoms with Crippen molar-refractivity contribution in [1.29, 1.82) is 5.26 Å². The van der Waals surface area contributed by atoms with Crippen LogP contribution in [0, 0.1) is 25.2 Å². The van der Waals surface area contributed by atoms with Gasteiger partial charge in [-0.3, -0.25) is 4.79 Å². The highest BCUT2D eigenvalue weighted by atomic mass is 16.5. The minimum atomic E-state index is -0.624. The van der Waals surface area contributed by atoms with E-state index in [0.717, 1.165) is 16.7 Å². The first kappa shape index (κ1) is 23.4. The molecular weight excluding hydrogens is 392 g/mol. The van der Waals surface area contributed by atoms with E-state index in [1.54, 1.807) is 36.4 Å². The van der Waals surface area contributed by atoms with Gasteiger partial charge in [-0.25, -0.2) is 4.79 Å². The zero-order chi connectivity index (χ0) is 22.6. The molecule has 0 N–H and O–H groups in total. The van der Waals surface area contributed by atoms with Crippen LogP contribution < -0.4 is 9.64 Å². The Hall–Kier alpha value is -3.85. The Morgan fingerprint density at radius 3 is 2.42 bits per heavy atom. The lowest BCUT2D eigenvalue weighted by Gasteiger charge is -2.22. The lowest BCUT2D eigenvalue weighted by atomic mass is 10.1. The summed E-state index contributed by atoms with van der Waals surface area (Å²) in [5.41, 5.74) is 3.49. The molecule has 6 heteroatoms. The summed E-state index contributed by atoms with van der Waals surface area (Å²) >= 11 is 0. The number of nitrogens with zero attached hydrogens (tertiary/aromatic N) is 2. The highest BCUT2D eigenvalue weighted by Gasteiger charge is 2.17. The van der Waals surface area contributed by atoms with Gasteiger partial charge in [-0.2, -0.15) is 5.26 Å². The Bertz CT molecular complexity index is 967. The largest absolute Gasteiger partial charge is 0.490 e. The number of anilines is 1. The number of hydrogen-bond donors (Lipinski definition) is 0. The number of benzene rings is 2. The molecule has 0 bridgehead atoms. The number of rotatable bonds is 10. The van der Waals surface area contributed by atoms with Gasteiger partial charge >= 0.3 is 5.97 Å². The smallest absolute Gasteiger partial charge is 0.331 e. The standard InChI is InChI=1S/C25H26N2O4/c1-4-14-30-23-9-6-21(7-10-23)8-11-25(29)31-18-24(28)27(13-5-12-26)22-16-19(2)15-20(3)17-22/h4,6-11,15-17H,1,5,13-14,18H2,2-3H3/b11-8+. The first-order valence-corrected chi connectivity index (χ1v) is 9.87. The molecule has 0 aliphatic heterocycles. The molecule has 0 aliphatic carbocycles. The Morgan fingerprint density at radius 1 is 1.13 bits per heavy atom. The third-order valence-electron chi connectivity index (χ3n) is 4.26. The molecule has 0 fully saturated rings. The molecular formula is C25H26N2O4. The lowest BCUT2D eigenvalue weighted by Crippen LogP contribution is -2.35. The Balaban J connectivity index is 1.96. The van der Waals surface area contributed by atoms with Crippen LogP contribution in [0.4, 0.5) is 5.69 Å². The van der Waals surface area contributed by atoms with Crippen LogP contribution in [0.2, 0.25) is 0 Å². The Morgan fingerprint density at radius 2 is 1.81 bits per heavy atom. The number of nitriles is 1. The lowest BCUT2D eigenvalue weighted by molar-refractivity contribution is -0.142. The number of amides is 1. The summed E-state index contributed by atoms with van der Waals surface area (Å²) in [6.45, 7) is 7.71. The number of carbonyl (C=O) groups excluding carboxylic acids is 2. The number of hydrogen-bond acceptors (Lipinski definition) is 5. The van der Waals surface area contributed by atoms with Gasteiger partial charge in [-0.1, -0.05) is 30.9 Å². The van der Waals surface area contributed by atoms with Crippen LogP contribution in [0.25, 0.3) is 6.08 Å². The van der Waals surface area contributed by atoms with Crippen LogP contribution in [-0.2, 0) is 14.3 Å². The molecule has 0 saturated heterocycles. The maximum atomic E-state index is 12.7. The SMILES string of the molecule is C=CCOc1ccc(/C=C/C(=O)OCC(=O)N(CCC#N)c2cc(C)cc(C)c2)cc1. The van der Waals surface area contributed by atoms with E-state index in [2.05, 4.69) is 6.58 Å². The molecule has 6 nitrogen and oxygen atoms in total. The van der Waals surface area contributed by atoms with Crippen LogP contribution in [0.15, 0.2) is 61.2 Å². The molecule has 31 heavy (non-hydrogen) atoms. The van der Waals surface area contributed by atoms with Crippen molar-refractivity contribution in [2.75, 3.05) is 24.7 Å². The van der Waals surface area contributed by atoms with Gasteiger partial charge in [0, 0.05) is 18.3 Å². The number of esters is 1. The summed E-state index contributed by atoms with van der Waals surface area (Å²) in [6, 6.07) is 15.0. The molecule has 0 aromatic heterocycles. The summed E-state index contributed by atoms with van der Waals surface area (Å²) in [6.07, 6.45) is 4.70. The molecule has 2 aromatic rings. The van der Waals surface area contributed by atoms with Gasteiger partial charge in [0.05, 0.1) is 12.5 Å². The predicted molar refractivity (Wildman–Crippen MR) is 121 cm³/mol. The van der Waals surface area contributed by atoms with Gasteiger partial charge in [0.2, 0.25) is 0 Å². The Labute approximate surface area is 183 Å². The quantitative estimate of drug-likeness (QED) is 0.325. The maximum Gasteiger partial charge on any atom is 0.331 e. The molecule has 160 valence electrons. The van der Waals surface area contributed by atoms with Crippen molar-refractivity contribution in [3.63, 3.8) is 0 Å². The van der Waals surface area contributed by atoms with Crippen LogP contribution in [0.5, 0.6) is 5.75 Å². The van der Waals surface area contributed by atoms with E-state index in [1.807, 2.05) is 38.1 Å². The monoisotopic (exact) mass is 418 g/mol. The zero-order valence-electron chi connectivity index (χ0n) is 17.8. The minimum Gasteiger partial charge on any atom is -0.490 e. The highest BCUT2D eigenvalue weighted by molar-refractivity contribution is 5.96. The molecule has 0 aliphatic rings. The van der Waals surface area contributed by atoms with Gasteiger partial charge in [-0.15, -0.1) is 0 Å². The van der Waals surface area contributed by atoms with E-state index in [1.165, 1.54) is 11.0 Å². The molecule has 2 rings (SSSR count). The summed E-state index contributed by atoms with van der Waals surface area (Å²) in [5.74, 6) is -0.305. The average molecular weight is 418 g/mol. The summed E-state index contributed by atoms with van der Waals surface area (Å²) < 4.78 is 10.5. The van der Waals surface area contributed by atoms with E-state index in [9.17, 15) is 9.59 Å². The van der Waals surface area contributed by atoms with E-state index in [-0.39, 0.29) is 18.9 Å². The molecule has 0 heterocycles. The van der Waals surface area contributed by atoms with Crippen molar-refractivity contribution < 1.29 is 19.1 Å². The third kappa shape index (κ3) is 7.82. The fourth-order valence-electron chi connectivity index (χ4n) is 2.92. The van der Waals surface area contributed by atoms with Crippen molar-refractivity contribution in [2.45, 2.75) is 20.3 Å². The first-order chi connectivity index (χ1) is 14.9. The van der Waals surface area contributed by atoms with Crippen LogP contribution in [0.3, 0.4) is 0 Å². The van der Waals surface area contributed by atoms with E-state index >= 15 is 0 Å². The predicted octanol–water partition coefficient (Wildman–Crippen LogP) is 4.37. The number of aryl methyl sites for hydroxylation is 2. The average Bonchev–Trinajstić information content (AvgIpc) is 2.75. The van der Waals surface area contributed by atoms with Crippen molar-refractivity contribution in [3.05, 3.63) is 77.9 Å². The normalized spacial score (nSPS) is 10.4. The van der Waals surface area contributed by atoms with Gasteiger partial charge in [0.25, 0.3) is 5.91 Å². The van der Waals surface area contributed by atoms with Crippen LogP contribution in [-0.4, -0.2) is 31.6 Å². The summed E-state index contributed by atoms with van der Waals surface area (Å²) in [4.78, 5) is 26.2. The highest BCUT2D eigenvalue weighted by Crippen LogP contribution is 2.19. The zero-order valence-corrected chi connectivity index (χ0v) is 17.8. The van der Waals surface area contributed by atoms with Gasteiger partial charge in [0.1, 0.15) is 12.4 Å². The van der Waals surface area contributed by atoms with Crippen molar-refractivity contribution >= 4 is 23.6 Å². The van der Waals surface area contributed by atoms with Crippen LogP contribution in [0.1, 0.15) is 23.1 Å². The topological polar surface area (TPSA) is 79.6 Å². The Kier molecular flexibility index (Phi) is 9.06. The van der Waals surface area contributed by atoms with Crippen LogP contribution >= 0.6 is 0 Å². The minimum absolute atomic E-state index is 0.180. The molecule has 1 amide bonds. The molecule has 0 unspecified atom stereocenters. The second-order valence-corrected chi connectivity index (χ2v) is 6.91. The van der Waals surface area contributed by atoms with Gasteiger partial charge in [0.15, 0.2) is 6.61 Å². The van der Waals surface area contributed by atoms with E-state index < -0.39 is 12.6 Å². The fourth-order valence-corrected chi connectivity index (χ4v) is 2.92. The van der Waals surface area contributed by atoms with Gasteiger partial charge in [-0.05, 0) is 60.9 Å². The van der Waals surface area contributed by atoms with Crippen molar-refractivity contribution in [2.24, 2.45) is 0 Å². The van der Waals surface area contributed by atoms with Crippen molar-refractivity contribution in [3.8, 4) is 11.8 Å². The number of ether oxygens (including phenoxy) is 2. The maximum absolute atomic E-state index is 12.7. The van der Waals surface area contributed by atoms with E-state index in [4.69, 9.17) is 14.7 Å². The second kappa shape index (κ2) is 12.0. The molecule has 0 atom stereocenters. The molecule has 0 radical (unpaired) electrons. The van der Waals surface area contributed by atoms with Crippen molar-refractivity contribution in [1.82, 2.24) is 0 Å². The van der Waals surface area contributed by atoms with Gasteiger partial charge < -0.3 is 14.4 Å². The summed E-state index contributed by atoms with van der Waals surface area (Å²) in [5, 5.41) is 8.91. The summed E-state index contributed by atoms with van der Waals surface area (Å²) in [7, 11) is 0. The first-order valence-electron chi connectivity index (χ1n) is 9.87. The number of carbonyl (C=O) groups is 2. The third-order valence-corrected chi connectivity index (χ3v) is 4.26. The molecule has 2 aromatic carbocycles. The molecule has 0 saturated carbocycles. The van der Waals surface area contributed by atoms with E-state index in [0.29, 0.717) is 18.0 Å².